The van der Waals surface area contributed by atoms with E-state index in [0.717, 1.165) is 29.5 Å². The van der Waals surface area contributed by atoms with Crippen LogP contribution in [0.1, 0.15) is 94.6 Å². The Labute approximate surface area is 171 Å². The van der Waals surface area contributed by atoms with Crippen LogP contribution in [0.5, 0.6) is 0 Å². The largest absolute Gasteiger partial charge is 0.462 e. The van der Waals surface area contributed by atoms with Crippen LogP contribution in [-0.2, 0) is 9.53 Å². The Kier molecular flexibility index (Phi) is 7.12. The van der Waals surface area contributed by atoms with Crippen molar-refractivity contribution >= 4 is 11.8 Å². The van der Waals surface area contributed by atoms with E-state index in [1.165, 1.54) is 6.42 Å². The van der Waals surface area contributed by atoms with E-state index in [-0.39, 0.29) is 23.3 Å². The van der Waals surface area contributed by atoms with E-state index < -0.39 is 5.41 Å². The van der Waals surface area contributed by atoms with Gasteiger partial charge in [0.2, 0.25) is 0 Å². The fourth-order valence-electron chi connectivity index (χ4n) is 4.62. The van der Waals surface area contributed by atoms with Gasteiger partial charge in [-0.05, 0) is 82.8 Å². The van der Waals surface area contributed by atoms with Crippen molar-refractivity contribution in [2.75, 3.05) is 0 Å². The van der Waals surface area contributed by atoms with Crippen LogP contribution in [0.25, 0.3) is 0 Å². The van der Waals surface area contributed by atoms with Gasteiger partial charge in [-0.25, -0.2) is 0 Å². The summed E-state index contributed by atoms with van der Waals surface area (Å²) in [6.45, 7) is 14.6. The molecule has 1 aliphatic carbocycles. The lowest BCUT2D eigenvalue weighted by Crippen LogP contribution is -2.37. The molecule has 3 nitrogen and oxygen atoms in total. The van der Waals surface area contributed by atoms with Crippen LogP contribution in [0, 0.1) is 30.6 Å². The molecule has 3 heteroatoms. The molecule has 0 amide bonds. The molecule has 156 valence electrons. The van der Waals surface area contributed by atoms with Gasteiger partial charge in [0, 0.05) is 12.0 Å². The normalized spacial score (nSPS) is 22.0. The summed E-state index contributed by atoms with van der Waals surface area (Å²) in [5.74, 6) is 0.620. The van der Waals surface area contributed by atoms with Crippen LogP contribution >= 0.6 is 0 Å². The lowest BCUT2D eigenvalue weighted by atomic mass is 9.71. The van der Waals surface area contributed by atoms with Gasteiger partial charge in [-0.1, -0.05) is 38.5 Å². The number of hydrogen-bond donors (Lipinski definition) is 0. The van der Waals surface area contributed by atoms with Crippen LogP contribution in [0.4, 0.5) is 0 Å². The van der Waals surface area contributed by atoms with E-state index in [4.69, 9.17) is 4.74 Å². The highest BCUT2D eigenvalue weighted by molar-refractivity contribution is 5.97. The Bertz CT molecular complexity index is 715. The number of carbonyl (C=O) groups excluding carboxylic acids is 2. The first-order valence-corrected chi connectivity index (χ1v) is 10.7. The Morgan fingerprint density at radius 1 is 1.18 bits per heavy atom. The molecule has 0 unspecified atom stereocenters. The predicted molar refractivity (Wildman–Crippen MR) is 115 cm³/mol. The van der Waals surface area contributed by atoms with E-state index in [0.29, 0.717) is 25.2 Å². The maximum atomic E-state index is 12.8. The van der Waals surface area contributed by atoms with Gasteiger partial charge in [-0.3, -0.25) is 9.59 Å². The Morgan fingerprint density at radius 3 is 2.50 bits per heavy atom. The first kappa shape index (κ1) is 22.6. The number of aryl methyl sites for hydroxylation is 2. The zero-order valence-corrected chi connectivity index (χ0v) is 18.9. The summed E-state index contributed by atoms with van der Waals surface area (Å²) in [6, 6.07) is 5.98. The molecule has 0 radical (unpaired) electrons. The first-order valence-electron chi connectivity index (χ1n) is 10.7. The number of carbonyl (C=O) groups is 2. The summed E-state index contributed by atoms with van der Waals surface area (Å²) < 4.78 is 5.92. The van der Waals surface area contributed by atoms with Gasteiger partial charge in [0.1, 0.15) is 6.10 Å². The molecule has 2 atom stereocenters. The number of rotatable bonds is 7. The first-order chi connectivity index (χ1) is 12.9. The fraction of sp³-hybridized carbons (Fsp3) is 0.680. The lowest BCUT2D eigenvalue weighted by molar-refractivity contribution is -0.164. The van der Waals surface area contributed by atoms with Gasteiger partial charge in [-0.2, -0.15) is 0 Å². The predicted octanol–water partition coefficient (Wildman–Crippen LogP) is 6.44. The quantitative estimate of drug-likeness (QED) is 0.400. The molecule has 0 heterocycles. The summed E-state index contributed by atoms with van der Waals surface area (Å²) in [6.07, 6.45) is 4.91. The zero-order chi connectivity index (χ0) is 21.1. The molecular weight excluding hydrogens is 348 g/mol. The summed E-state index contributed by atoms with van der Waals surface area (Å²) in [4.78, 5) is 25.4. The Morgan fingerprint density at radius 2 is 1.86 bits per heavy atom. The summed E-state index contributed by atoms with van der Waals surface area (Å²) in [5.41, 5.74) is 2.59. The van der Waals surface area contributed by atoms with Gasteiger partial charge in [-0.15, -0.1) is 0 Å². The van der Waals surface area contributed by atoms with Crippen molar-refractivity contribution in [2.24, 2.45) is 16.7 Å². The molecular formula is C25H38O3. The highest BCUT2D eigenvalue weighted by atomic mass is 16.5. The highest BCUT2D eigenvalue weighted by Gasteiger charge is 2.37. The van der Waals surface area contributed by atoms with Crippen molar-refractivity contribution in [3.63, 3.8) is 0 Å². The fourth-order valence-corrected chi connectivity index (χ4v) is 4.62. The number of ketones is 1. The third-order valence-corrected chi connectivity index (χ3v) is 6.07. The number of ether oxygens (including phenoxy) is 1. The van der Waals surface area contributed by atoms with Crippen molar-refractivity contribution in [3.05, 3.63) is 34.9 Å². The topological polar surface area (TPSA) is 43.4 Å². The third-order valence-electron chi connectivity index (χ3n) is 6.07. The van der Waals surface area contributed by atoms with E-state index >= 15 is 0 Å². The number of esters is 1. The minimum Gasteiger partial charge on any atom is -0.462 e. The van der Waals surface area contributed by atoms with E-state index in [9.17, 15) is 9.59 Å². The number of hydrogen-bond acceptors (Lipinski definition) is 3. The summed E-state index contributed by atoms with van der Waals surface area (Å²) >= 11 is 0. The molecule has 0 bridgehead atoms. The van der Waals surface area contributed by atoms with Gasteiger partial charge in [0.25, 0.3) is 0 Å². The smallest absolute Gasteiger partial charge is 0.311 e. The lowest BCUT2D eigenvalue weighted by Gasteiger charge is -2.39. The summed E-state index contributed by atoms with van der Waals surface area (Å²) in [5, 5.41) is 0. The third kappa shape index (κ3) is 6.18. The molecule has 0 spiro atoms. The van der Waals surface area contributed by atoms with Crippen LogP contribution < -0.4 is 0 Å². The minimum atomic E-state index is -0.563. The van der Waals surface area contributed by atoms with E-state index in [1.54, 1.807) is 0 Å². The van der Waals surface area contributed by atoms with Crippen molar-refractivity contribution in [1.82, 2.24) is 0 Å². The second-order valence-corrected chi connectivity index (χ2v) is 10.4. The molecule has 28 heavy (non-hydrogen) atoms. The molecule has 1 fully saturated rings. The molecule has 2 rings (SSSR count). The van der Waals surface area contributed by atoms with Crippen LogP contribution in [-0.4, -0.2) is 17.9 Å². The second kappa shape index (κ2) is 8.80. The molecule has 1 aromatic rings. The summed E-state index contributed by atoms with van der Waals surface area (Å²) in [7, 11) is 0. The van der Waals surface area contributed by atoms with Crippen LogP contribution in [0.15, 0.2) is 18.2 Å². The molecule has 0 aromatic heterocycles. The van der Waals surface area contributed by atoms with Crippen molar-refractivity contribution < 1.29 is 14.3 Å². The molecule has 1 aromatic carbocycles. The molecule has 0 N–H and O–H groups in total. The van der Waals surface area contributed by atoms with Gasteiger partial charge in [0.15, 0.2) is 5.78 Å². The van der Waals surface area contributed by atoms with Crippen LogP contribution in [0.3, 0.4) is 0 Å². The van der Waals surface area contributed by atoms with Crippen molar-refractivity contribution in [1.29, 1.82) is 0 Å². The Balaban J connectivity index is 1.88. The number of benzene rings is 1. The molecule has 1 saturated carbocycles. The zero-order valence-electron chi connectivity index (χ0n) is 18.9. The van der Waals surface area contributed by atoms with Gasteiger partial charge >= 0.3 is 5.97 Å². The van der Waals surface area contributed by atoms with E-state index in [2.05, 4.69) is 20.8 Å². The van der Waals surface area contributed by atoms with Crippen LogP contribution in [0.2, 0.25) is 0 Å². The Hall–Kier alpha value is -1.64. The van der Waals surface area contributed by atoms with Gasteiger partial charge < -0.3 is 4.74 Å². The highest BCUT2D eigenvalue weighted by Crippen LogP contribution is 2.40. The van der Waals surface area contributed by atoms with E-state index in [1.807, 2.05) is 45.9 Å². The molecule has 0 aliphatic heterocycles. The van der Waals surface area contributed by atoms with Gasteiger partial charge in [0.05, 0.1) is 5.41 Å². The van der Waals surface area contributed by atoms with Crippen molar-refractivity contribution in [2.45, 2.75) is 93.1 Å². The maximum absolute atomic E-state index is 12.8. The standard InChI is InChI=1S/C25H38O3/c1-17-10-11-19(3)21(14-17)22(26)9-8-12-25(6,7)23(27)28-20-13-18(2)15-24(4,5)16-20/h10-11,14,18,20H,8-9,12-13,15-16H2,1-7H3/t18-,20-/m0/s1. The number of Topliss-reactive ketones (excluding diaryl/α,β-unsaturated/α-hetero) is 1. The maximum Gasteiger partial charge on any atom is 0.311 e. The molecule has 0 saturated heterocycles. The second-order valence-electron chi connectivity index (χ2n) is 10.4. The average molecular weight is 387 g/mol. The molecule has 1 aliphatic rings. The minimum absolute atomic E-state index is 0.0158. The monoisotopic (exact) mass is 386 g/mol. The van der Waals surface area contributed by atoms with Crippen molar-refractivity contribution in [3.8, 4) is 0 Å². The average Bonchev–Trinajstić information content (AvgIpc) is 2.54. The SMILES string of the molecule is Cc1ccc(C)c(C(=O)CCCC(C)(C)C(=O)O[C@H]2C[C@H](C)CC(C)(C)C2)c1.